The Morgan fingerprint density at radius 1 is 0.938 bits per heavy atom. The van der Waals surface area contributed by atoms with Gasteiger partial charge in [-0.15, -0.1) is 10.0 Å². The van der Waals surface area contributed by atoms with Gasteiger partial charge in [0.25, 0.3) is 0 Å². The molecule has 1 aliphatic rings. The Balaban J connectivity index is 1.58. The number of hydrazone groups is 1. The van der Waals surface area contributed by atoms with Gasteiger partial charge in [0.05, 0.1) is 22.4 Å². The summed E-state index contributed by atoms with van der Waals surface area (Å²) in [4.78, 5) is 11.7. The van der Waals surface area contributed by atoms with E-state index in [0.717, 1.165) is 28.1 Å². The van der Waals surface area contributed by atoms with Gasteiger partial charge in [0.1, 0.15) is 11.9 Å². The molecule has 0 fully saturated rings. The van der Waals surface area contributed by atoms with Gasteiger partial charge in [-0.1, -0.05) is 30.3 Å². The molecular formula is C24H19FN6O. The number of nitrogens with zero attached hydrogens (tertiary/aromatic N) is 5. The molecule has 0 bridgehead atoms. The highest BCUT2D eigenvalue weighted by Gasteiger charge is 2.33. The summed E-state index contributed by atoms with van der Waals surface area (Å²) in [7, 11) is 0. The zero-order valence-corrected chi connectivity index (χ0v) is 17.0. The molecule has 0 aliphatic carbocycles. The van der Waals surface area contributed by atoms with Crippen molar-refractivity contribution in [3.05, 3.63) is 107 Å². The SMILES string of the molecule is Nc1ccc(C2=NN(N=O)C(c3cn(-c4ccccc4)nc3-c3ccc(F)cc3)C2)cc1. The van der Waals surface area contributed by atoms with Crippen molar-refractivity contribution in [3.8, 4) is 16.9 Å². The molecule has 0 spiro atoms. The number of nitroso groups, excluding NO2 is 1. The lowest BCUT2D eigenvalue weighted by Gasteiger charge is -2.15. The van der Waals surface area contributed by atoms with Crippen LogP contribution in [0.25, 0.3) is 16.9 Å². The molecule has 7 nitrogen and oxygen atoms in total. The molecule has 0 amide bonds. The number of aromatic nitrogens is 2. The highest BCUT2D eigenvalue weighted by Crippen LogP contribution is 2.38. The van der Waals surface area contributed by atoms with Gasteiger partial charge in [0.2, 0.25) is 0 Å². The van der Waals surface area contributed by atoms with Crippen LogP contribution in [0.15, 0.2) is 95.4 Å². The van der Waals surface area contributed by atoms with E-state index in [0.29, 0.717) is 17.8 Å². The first-order valence-electron chi connectivity index (χ1n) is 10.1. The standard InChI is InChI=1S/C24H19FN6O/c25-18-10-6-17(7-11-18)24-21(15-30(28-24)20-4-2-1-3-5-20)23-14-22(27-31(23)29-32)16-8-12-19(26)13-9-16/h1-13,15,23H,14,26H2. The van der Waals surface area contributed by atoms with Gasteiger partial charge < -0.3 is 5.73 Å². The summed E-state index contributed by atoms with van der Waals surface area (Å²) in [5, 5.41) is 13.5. The zero-order chi connectivity index (χ0) is 22.1. The van der Waals surface area contributed by atoms with Gasteiger partial charge in [-0.3, -0.25) is 0 Å². The van der Waals surface area contributed by atoms with Gasteiger partial charge >= 0.3 is 0 Å². The molecule has 1 unspecified atom stereocenters. The van der Waals surface area contributed by atoms with Gasteiger partial charge in [-0.25, -0.2) is 9.07 Å². The molecule has 0 radical (unpaired) electrons. The molecule has 1 atom stereocenters. The highest BCUT2D eigenvalue weighted by atomic mass is 19.1. The van der Waals surface area contributed by atoms with Crippen LogP contribution in [0.2, 0.25) is 0 Å². The molecule has 0 saturated carbocycles. The summed E-state index contributed by atoms with van der Waals surface area (Å²) in [5.41, 5.74) is 11.1. The summed E-state index contributed by atoms with van der Waals surface area (Å²) in [6, 6.07) is 22.6. The lowest BCUT2D eigenvalue weighted by Crippen LogP contribution is -2.13. The minimum atomic E-state index is -0.447. The maximum Gasteiger partial charge on any atom is 0.123 e. The summed E-state index contributed by atoms with van der Waals surface area (Å²) in [6.07, 6.45) is 2.34. The predicted octanol–water partition coefficient (Wildman–Crippen LogP) is 5.09. The monoisotopic (exact) mass is 426 g/mol. The van der Waals surface area contributed by atoms with Crippen LogP contribution in [-0.2, 0) is 0 Å². The van der Waals surface area contributed by atoms with E-state index in [2.05, 4.69) is 10.4 Å². The van der Waals surface area contributed by atoms with Crippen LogP contribution >= 0.6 is 0 Å². The van der Waals surface area contributed by atoms with Crippen molar-refractivity contribution in [2.75, 3.05) is 5.73 Å². The lowest BCUT2D eigenvalue weighted by molar-refractivity contribution is 0.242. The van der Waals surface area contributed by atoms with Crippen molar-refractivity contribution in [2.45, 2.75) is 12.5 Å². The topological polar surface area (TPSA) is 88.9 Å². The Morgan fingerprint density at radius 2 is 1.62 bits per heavy atom. The van der Waals surface area contributed by atoms with Crippen molar-refractivity contribution < 1.29 is 4.39 Å². The first kappa shape index (κ1) is 19.6. The van der Waals surface area contributed by atoms with E-state index in [1.54, 1.807) is 28.9 Å². The van der Waals surface area contributed by atoms with E-state index in [4.69, 9.17) is 10.8 Å². The maximum atomic E-state index is 13.5. The third kappa shape index (κ3) is 3.62. The summed E-state index contributed by atoms with van der Waals surface area (Å²) < 4.78 is 15.3. The third-order valence-corrected chi connectivity index (χ3v) is 5.46. The molecule has 1 aliphatic heterocycles. The second-order valence-corrected chi connectivity index (χ2v) is 7.51. The molecule has 158 valence electrons. The van der Waals surface area contributed by atoms with E-state index < -0.39 is 6.04 Å². The van der Waals surface area contributed by atoms with Crippen molar-refractivity contribution in [1.82, 2.24) is 14.9 Å². The number of hydrogen-bond acceptors (Lipinski definition) is 5. The van der Waals surface area contributed by atoms with E-state index in [-0.39, 0.29) is 5.82 Å². The fourth-order valence-electron chi connectivity index (χ4n) is 3.84. The van der Waals surface area contributed by atoms with Crippen molar-refractivity contribution in [1.29, 1.82) is 0 Å². The minimum Gasteiger partial charge on any atom is -0.399 e. The Kier molecular flexibility index (Phi) is 4.95. The molecule has 2 heterocycles. The summed E-state index contributed by atoms with van der Waals surface area (Å²) in [5.74, 6) is -0.330. The molecule has 5 rings (SSSR count). The Labute approximate surface area is 183 Å². The fraction of sp³-hybridized carbons (Fsp3) is 0.0833. The van der Waals surface area contributed by atoms with Crippen molar-refractivity contribution in [2.24, 2.45) is 10.4 Å². The number of para-hydroxylation sites is 1. The van der Waals surface area contributed by atoms with Crippen LogP contribution in [0.4, 0.5) is 10.1 Å². The Bertz CT molecular complexity index is 1280. The molecule has 1 aromatic heterocycles. The number of nitrogen functional groups attached to an aromatic ring is 1. The quantitative estimate of drug-likeness (QED) is 0.355. The van der Waals surface area contributed by atoms with E-state index in [1.165, 1.54) is 17.3 Å². The molecular weight excluding hydrogens is 407 g/mol. The van der Waals surface area contributed by atoms with Crippen molar-refractivity contribution >= 4 is 11.4 Å². The van der Waals surface area contributed by atoms with Gasteiger partial charge in [-0.2, -0.15) is 10.2 Å². The zero-order valence-electron chi connectivity index (χ0n) is 17.0. The first-order chi connectivity index (χ1) is 15.6. The van der Waals surface area contributed by atoms with Crippen molar-refractivity contribution in [3.63, 3.8) is 0 Å². The van der Waals surface area contributed by atoms with Crippen LogP contribution in [0.3, 0.4) is 0 Å². The first-order valence-corrected chi connectivity index (χ1v) is 10.1. The molecule has 0 saturated heterocycles. The molecule has 8 heteroatoms. The van der Waals surface area contributed by atoms with E-state index in [1.807, 2.05) is 48.7 Å². The van der Waals surface area contributed by atoms with Gasteiger partial charge in [0, 0.05) is 29.4 Å². The number of rotatable bonds is 5. The number of anilines is 1. The Morgan fingerprint density at radius 3 is 2.31 bits per heavy atom. The van der Waals surface area contributed by atoms with E-state index in [9.17, 15) is 9.30 Å². The van der Waals surface area contributed by atoms with Gasteiger partial charge in [0.15, 0.2) is 0 Å². The minimum absolute atomic E-state index is 0.330. The normalized spacial score (nSPS) is 15.6. The van der Waals surface area contributed by atoms with Crippen LogP contribution in [0, 0.1) is 10.7 Å². The average Bonchev–Trinajstić information content (AvgIpc) is 3.45. The highest BCUT2D eigenvalue weighted by molar-refractivity contribution is 6.02. The van der Waals surface area contributed by atoms with Gasteiger partial charge in [-0.05, 0) is 54.1 Å². The number of hydrogen-bond donors (Lipinski definition) is 1. The van der Waals surface area contributed by atoms with Crippen LogP contribution in [-0.4, -0.2) is 20.6 Å². The maximum absolute atomic E-state index is 13.5. The molecule has 2 N–H and O–H groups in total. The van der Waals surface area contributed by atoms with Crippen LogP contribution < -0.4 is 5.73 Å². The molecule has 3 aromatic carbocycles. The third-order valence-electron chi connectivity index (χ3n) is 5.46. The van der Waals surface area contributed by atoms with E-state index >= 15 is 0 Å². The Hall–Kier alpha value is -4.33. The summed E-state index contributed by atoms with van der Waals surface area (Å²) >= 11 is 0. The fourth-order valence-corrected chi connectivity index (χ4v) is 3.84. The van der Waals surface area contributed by atoms with Crippen LogP contribution in [0.5, 0.6) is 0 Å². The molecule has 4 aromatic rings. The predicted molar refractivity (Wildman–Crippen MR) is 121 cm³/mol. The lowest BCUT2D eigenvalue weighted by atomic mass is 9.97. The largest absolute Gasteiger partial charge is 0.399 e. The number of benzene rings is 3. The molecule has 32 heavy (non-hydrogen) atoms. The second kappa shape index (κ2) is 8.07. The smallest absolute Gasteiger partial charge is 0.123 e. The van der Waals surface area contributed by atoms with Crippen LogP contribution in [0.1, 0.15) is 23.6 Å². The second-order valence-electron chi connectivity index (χ2n) is 7.51. The number of nitrogens with two attached hydrogens (primary N) is 1. The summed E-state index contributed by atoms with van der Waals surface area (Å²) in [6.45, 7) is 0. The average molecular weight is 426 g/mol. The number of halogens is 1.